The molecular weight excluding hydrogens is 336 g/mol. The Kier molecular flexibility index (Phi) is 6.85. The van der Waals surface area contributed by atoms with E-state index in [2.05, 4.69) is 5.32 Å². The zero-order chi connectivity index (χ0) is 18.4. The molecule has 0 heterocycles. The van der Waals surface area contributed by atoms with Gasteiger partial charge >= 0.3 is 0 Å². The van der Waals surface area contributed by atoms with E-state index in [0.717, 1.165) is 28.4 Å². The molecule has 2 rings (SSSR count). The highest BCUT2D eigenvalue weighted by atomic mass is 35.5. The molecule has 0 saturated heterocycles. The monoisotopic (exact) mass is 361 g/mol. The molecule has 25 heavy (non-hydrogen) atoms. The summed E-state index contributed by atoms with van der Waals surface area (Å²) < 4.78 is 5.46. The van der Waals surface area contributed by atoms with Gasteiger partial charge in [0.25, 0.3) is 5.91 Å². The van der Waals surface area contributed by atoms with E-state index in [1.807, 2.05) is 64.2 Å². The number of hydrogen-bond acceptors (Lipinski definition) is 2. The van der Waals surface area contributed by atoms with Crippen LogP contribution in [0.3, 0.4) is 0 Å². The molecule has 1 amide bonds. The van der Waals surface area contributed by atoms with E-state index in [1.165, 1.54) is 5.56 Å². The fourth-order valence-corrected chi connectivity index (χ4v) is 2.71. The van der Waals surface area contributed by atoms with Gasteiger partial charge in [-0.1, -0.05) is 17.7 Å². The van der Waals surface area contributed by atoms with Gasteiger partial charge in [-0.2, -0.15) is 0 Å². The van der Waals surface area contributed by atoms with Crippen LogP contribution < -0.4 is 15.0 Å². The molecule has 0 aliphatic rings. The number of ether oxygens (including phenoxy) is 1. The van der Waals surface area contributed by atoms with Gasteiger partial charge in [0.1, 0.15) is 12.3 Å². The van der Waals surface area contributed by atoms with Crippen molar-refractivity contribution < 1.29 is 14.4 Å². The molecule has 0 aliphatic carbocycles. The lowest BCUT2D eigenvalue weighted by Gasteiger charge is -2.21. The van der Waals surface area contributed by atoms with Gasteiger partial charge in [-0.3, -0.25) is 4.79 Å². The first kappa shape index (κ1) is 19.3. The average molecular weight is 362 g/mol. The minimum atomic E-state index is -0.190. The number of quaternary nitrogens is 1. The van der Waals surface area contributed by atoms with Gasteiger partial charge in [0.2, 0.25) is 0 Å². The van der Waals surface area contributed by atoms with Crippen molar-refractivity contribution >= 4 is 23.2 Å². The quantitative estimate of drug-likeness (QED) is 0.795. The predicted molar refractivity (Wildman–Crippen MR) is 102 cm³/mol. The zero-order valence-electron chi connectivity index (χ0n) is 15.2. The summed E-state index contributed by atoms with van der Waals surface area (Å²) in [5.41, 5.74) is 2.92. The second-order valence-corrected chi connectivity index (χ2v) is 6.71. The van der Waals surface area contributed by atoms with Crippen LogP contribution in [0.15, 0.2) is 42.5 Å². The Morgan fingerprint density at radius 2 is 1.92 bits per heavy atom. The van der Waals surface area contributed by atoms with Crippen molar-refractivity contribution in [2.75, 3.05) is 19.0 Å². The lowest BCUT2D eigenvalue weighted by atomic mass is 10.1. The summed E-state index contributed by atoms with van der Waals surface area (Å²) in [6.45, 7) is 7.26. The van der Waals surface area contributed by atoms with Crippen molar-refractivity contribution in [2.24, 2.45) is 0 Å². The first-order chi connectivity index (χ1) is 11.9. The summed E-state index contributed by atoms with van der Waals surface area (Å²) in [5, 5.41) is 3.59. The molecule has 4 nitrogen and oxygen atoms in total. The van der Waals surface area contributed by atoms with Crippen molar-refractivity contribution in [1.82, 2.24) is 0 Å². The molecule has 0 aliphatic heterocycles. The molecule has 0 aromatic heterocycles. The highest BCUT2D eigenvalue weighted by Gasteiger charge is 2.22. The van der Waals surface area contributed by atoms with Crippen molar-refractivity contribution in [2.45, 2.75) is 33.4 Å². The van der Waals surface area contributed by atoms with Crippen molar-refractivity contribution in [3.8, 4) is 5.75 Å². The van der Waals surface area contributed by atoms with Gasteiger partial charge in [-0.25, -0.2) is 0 Å². The van der Waals surface area contributed by atoms with Crippen LogP contribution in [0, 0.1) is 6.92 Å². The summed E-state index contributed by atoms with van der Waals surface area (Å²) >= 11 is 6.02. The third-order valence-corrected chi connectivity index (χ3v) is 4.54. The van der Waals surface area contributed by atoms with Crippen LogP contribution in [-0.2, 0) is 11.3 Å². The third-order valence-electron chi connectivity index (χ3n) is 4.31. The van der Waals surface area contributed by atoms with E-state index in [0.29, 0.717) is 11.6 Å². The zero-order valence-corrected chi connectivity index (χ0v) is 16.0. The van der Waals surface area contributed by atoms with Gasteiger partial charge in [-0.15, -0.1) is 0 Å². The minimum absolute atomic E-state index is 0.0196. The van der Waals surface area contributed by atoms with Crippen LogP contribution in [0.1, 0.15) is 25.0 Å². The first-order valence-corrected chi connectivity index (χ1v) is 8.89. The number of anilines is 1. The van der Waals surface area contributed by atoms with E-state index in [-0.39, 0.29) is 11.9 Å². The topological polar surface area (TPSA) is 42.8 Å². The predicted octanol–water partition coefficient (Wildman–Crippen LogP) is 3.09. The number of hydrogen-bond donors (Lipinski definition) is 2. The molecule has 2 aromatic rings. The Labute approximate surface area is 154 Å². The third kappa shape index (κ3) is 5.48. The van der Waals surface area contributed by atoms with Gasteiger partial charge in [0.05, 0.1) is 13.7 Å². The second kappa shape index (κ2) is 8.88. The number of halogens is 1. The summed E-state index contributed by atoms with van der Waals surface area (Å²) in [4.78, 5) is 13.7. The van der Waals surface area contributed by atoms with E-state index in [9.17, 15) is 4.79 Å². The molecular formula is C20H26ClN2O2+. The van der Waals surface area contributed by atoms with E-state index < -0.39 is 0 Å². The molecule has 0 spiro atoms. The van der Waals surface area contributed by atoms with Gasteiger partial charge < -0.3 is 15.0 Å². The molecule has 1 unspecified atom stereocenters. The second-order valence-electron chi connectivity index (χ2n) is 6.27. The smallest absolute Gasteiger partial charge is 0.282 e. The van der Waals surface area contributed by atoms with Crippen LogP contribution >= 0.6 is 11.6 Å². The first-order valence-electron chi connectivity index (χ1n) is 8.51. The van der Waals surface area contributed by atoms with Crippen LogP contribution in [0.2, 0.25) is 5.02 Å². The molecule has 0 saturated carbocycles. The fraction of sp³-hybridized carbons (Fsp3) is 0.350. The maximum atomic E-state index is 12.6. The van der Waals surface area contributed by atoms with Crippen LogP contribution in [0.4, 0.5) is 5.69 Å². The summed E-state index contributed by atoms with van der Waals surface area (Å²) in [5.74, 6) is 0.847. The highest BCUT2D eigenvalue weighted by Crippen LogP contribution is 2.20. The number of carbonyl (C=O) groups excluding carboxylic acids is 1. The van der Waals surface area contributed by atoms with Crippen molar-refractivity contribution in [1.29, 1.82) is 0 Å². The molecule has 0 bridgehead atoms. The Hall–Kier alpha value is -2.04. The van der Waals surface area contributed by atoms with Crippen LogP contribution in [0.5, 0.6) is 5.75 Å². The molecule has 5 heteroatoms. The molecule has 2 aromatic carbocycles. The largest absolute Gasteiger partial charge is 0.494 e. The normalized spacial score (nSPS) is 13.2. The minimum Gasteiger partial charge on any atom is -0.494 e. The lowest BCUT2D eigenvalue weighted by molar-refractivity contribution is -0.907. The Bertz CT molecular complexity index is 716. The average Bonchev–Trinajstić information content (AvgIpc) is 2.59. The molecule has 2 atom stereocenters. The summed E-state index contributed by atoms with van der Waals surface area (Å²) in [7, 11) is 2.02. The lowest BCUT2D eigenvalue weighted by Crippen LogP contribution is -3.12. The number of amides is 1. The van der Waals surface area contributed by atoms with Crippen LogP contribution in [0.25, 0.3) is 0 Å². The Morgan fingerprint density at radius 3 is 2.56 bits per heavy atom. The Balaban J connectivity index is 1.97. The van der Waals surface area contributed by atoms with E-state index in [1.54, 1.807) is 6.07 Å². The number of likely N-dealkylation sites (N-methyl/N-ethyl adjacent to an activating group) is 1. The SMILES string of the molecule is CCOc1ccc(C[NH+](C)[C@@H](C)C(=O)Nc2cc(Cl)ccc2C)cc1. The standard InChI is InChI=1S/C20H25ClN2O2/c1-5-25-18-10-7-16(8-11-18)13-23(4)15(3)20(24)22-19-12-17(21)9-6-14(19)2/h6-12,15H,5,13H2,1-4H3,(H,22,24)/p+1/t15-/m0/s1. The fourth-order valence-electron chi connectivity index (χ4n) is 2.54. The number of aryl methyl sites for hydroxylation is 1. The van der Waals surface area contributed by atoms with Crippen molar-refractivity contribution in [3.05, 3.63) is 58.6 Å². The number of rotatable bonds is 7. The van der Waals surface area contributed by atoms with Crippen molar-refractivity contribution in [3.63, 3.8) is 0 Å². The molecule has 0 radical (unpaired) electrons. The van der Waals surface area contributed by atoms with Gasteiger partial charge in [0.15, 0.2) is 6.04 Å². The van der Waals surface area contributed by atoms with E-state index in [4.69, 9.17) is 16.3 Å². The molecule has 0 fully saturated rings. The molecule has 2 N–H and O–H groups in total. The van der Waals surface area contributed by atoms with Gasteiger partial charge in [0, 0.05) is 16.3 Å². The summed E-state index contributed by atoms with van der Waals surface area (Å²) in [6.07, 6.45) is 0. The molecule has 134 valence electrons. The maximum absolute atomic E-state index is 12.6. The number of benzene rings is 2. The highest BCUT2D eigenvalue weighted by molar-refractivity contribution is 6.31. The number of carbonyl (C=O) groups is 1. The van der Waals surface area contributed by atoms with E-state index >= 15 is 0 Å². The van der Waals surface area contributed by atoms with Crippen LogP contribution in [-0.4, -0.2) is 25.6 Å². The summed E-state index contributed by atoms with van der Waals surface area (Å²) in [6, 6.07) is 13.3. The number of nitrogens with one attached hydrogen (secondary N) is 2. The van der Waals surface area contributed by atoms with Gasteiger partial charge in [-0.05, 0) is 62.7 Å². The maximum Gasteiger partial charge on any atom is 0.282 e. The Morgan fingerprint density at radius 1 is 1.24 bits per heavy atom.